The normalized spacial score (nSPS) is 28.0. The third-order valence-corrected chi connectivity index (χ3v) is 6.46. The summed E-state index contributed by atoms with van der Waals surface area (Å²) in [6, 6.07) is 7.09. The van der Waals surface area contributed by atoms with Gasteiger partial charge in [0, 0.05) is 42.6 Å². The second-order valence-corrected chi connectivity index (χ2v) is 8.94. The second kappa shape index (κ2) is 7.62. The van der Waals surface area contributed by atoms with Gasteiger partial charge < -0.3 is 25.5 Å². The number of anilines is 2. The zero-order valence-corrected chi connectivity index (χ0v) is 17.7. The molecule has 1 aliphatic carbocycles. The first-order valence-corrected chi connectivity index (χ1v) is 10.7. The van der Waals surface area contributed by atoms with E-state index in [1.165, 1.54) is 0 Å². The number of aromatic nitrogens is 2. The van der Waals surface area contributed by atoms with Crippen molar-refractivity contribution in [3.63, 3.8) is 0 Å². The smallest absolute Gasteiger partial charge is 0.274 e. The molecule has 5 atom stereocenters. The van der Waals surface area contributed by atoms with Crippen molar-refractivity contribution in [3.05, 3.63) is 48.1 Å². The van der Waals surface area contributed by atoms with Crippen LogP contribution in [0.4, 0.5) is 11.4 Å². The van der Waals surface area contributed by atoms with Crippen molar-refractivity contribution in [2.45, 2.75) is 38.3 Å². The first-order valence-electron chi connectivity index (χ1n) is 10.7. The molecule has 4 heterocycles. The Balaban J connectivity index is 1.37. The van der Waals surface area contributed by atoms with Gasteiger partial charge >= 0.3 is 0 Å². The molecule has 162 valence electrons. The van der Waals surface area contributed by atoms with Crippen LogP contribution >= 0.6 is 0 Å². The van der Waals surface area contributed by atoms with E-state index in [2.05, 4.69) is 27.1 Å². The van der Waals surface area contributed by atoms with E-state index in [9.17, 15) is 9.90 Å². The van der Waals surface area contributed by atoms with Gasteiger partial charge in [0.1, 0.15) is 11.5 Å². The number of aliphatic hydroxyl groups excluding tert-OH is 1. The van der Waals surface area contributed by atoms with Crippen LogP contribution in [0.5, 0.6) is 0 Å². The number of pyridine rings is 2. The number of carbonyl (C=O) groups excluding carboxylic acids is 1. The lowest BCUT2D eigenvalue weighted by molar-refractivity contribution is 0.0785. The number of piperidine rings is 1. The fourth-order valence-corrected chi connectivity index (χ4v) is 4.42. The zero-order valence-electron chi connectivity index (χ0n) is 17.7. The Labute approximate surface area is 180 Å². The summed E-state index contributed by atoms with van der Waals surface area (Å²) in [5.74, 6) is 1.73. The molecule has 0 radical (unpaired) electrons. The van der Waals surface area contributed by atoms with Crippen molar-refractivity contribution in [2.75, 3.05) is 23.3 Å². The summed E-state index contributed by atoms with van der Waals surface area (Å²) in [6.45, 7) is 5.31. The van der Waals surface area contributed by atoms with Gasteiger partial charge in [-0.1, -0.05) is 13.8 Å². The minimum Gasteiger partial charge on any atom is -0.442 e. The van der Waals surface area contributed by atoms with E-state index >= 15 is 0 Å². The molecule has 0 bridgehead atoms. The molecule has 8 heteroatoms. The molecule has 2 aliphatic rings. The topological polar surface area (TPSA) is 118 Å². The van der Waals surface area contributed by atoms with Gasteiger partial charge in [0.15, 0.2) is 0 Å². The number of fused-ring (bicyclic) bond motifs is 1. The Morgan fingerprint density at radius 1 is 1.26 bits per heavy atom. The third-order valence-electron chi connectivity index (χ3n) is 6.46. The van der Waals surface area contributed by atoms with Crippen molar-refractivity contribution in [2.24, 2.45) is 17.6 Å². The monoisotopic (exact) mass is 421 g/mol. The lowest BCUT2D eigenvalue weighted by Crippen LogP contribution is -2.55. The molecule has 1 saturated carbocycles. The Bertz CT molecular complexity index is 1120. The van der Waals surface area contributed by atoms with Crippen LogP contribution in [0.3, 0.4) is 0 Å². The summed E-state index contributed by atoms with van der Waals surface area (Å²) in [5.41, 5.74) is 8.28. The number of furan rings is 1. The van der Waals surface area contributed by atoms with E-state index in [0.29, 0.717) is 36.3 Å². The molecular formula is C23H27N5O3. The average Bonchev–Trinajstić information content (AvgIpc) is 3.33. The first-order chi connectivity index (χ1) is 14.9. The number of rotatable bonds is 4. The maximum absolute atomic E-state index is 13.0. The van der Waals surface area contributed by atoms with Crippen molar-refractivity contribution >= 4 is 28.4 Å². The minimum atomic E-state index is -0.538. The van der Waals surface area contributed by atoms with Crippen molar-refractivity contribution in [3.8, 4) is 0 Å². The number of hydrogen-bond donors (Lipinski definition) is 3. The summed E-state index contributed by atoms with van der Waals surface area (Å²) in [6.07, 6.45) is 3.89. The summed E-state index contributed by atoms with van der Waals surface area (Å²) in [5, 5.41) is 14.0. The molecule has 31 heavy (non-hydrogen) atoms. The van der Waals surface area contributed by atoms with E-state index in [1.807, 2.05) is 25.1 Å². The van der Waals surface area contributed by atoms with Crippen LogP contribution in [0.2, 0.25) is 0 Å². The van der Waals surface area contributed by atoms with Crippen molar-refractivity contribution < 1.29 is 14.3 Å². The van der Waals surface area contributed by atoms with E-state index in [4.69, 9.17) is 10.2 Å². The number of nitrogens with two attached hydrogens (primary N) is 1. The van der Waals surface area contributed by atoms with Crippen LogP contribution in [0.25, 0.3) is 11.1 Å². The quantitative estimate of drug-likeness (QED) is 0.593. The zero-order chi connectivity index (χ0) is 21.7. The predicted octanol–water partition coefficient (Wildman–Crippen LogP) is 2.74. The third kappa shape index (κ3) is 3.77. The van der Waals surface area contributed by atoms with Gasteiger partial charge in [0.2, 0.25) is 5.71 Å². The Hall–Kier alpha value is -2.97. The SMILES string of the molecule is C[C@H]1CN(c2ccncc2NC(=O)c2ccc3cc([C@H]4C[C@@H]4C)oc3n2)C[C@@H](N)[C@@H]1O. The highest BCUT2D eigenvalue weighted by atomic mass is 16.3. The van der Waals surface area contributed by atoms with Gasteiger partial charge in [0.25, 0.3) is 5.91 Å². The molecule has 0 spiro atoms. The average molecular weight is 422 g/mol. The maximum Gasteiger partial charge on any atom is 0.274 e. The summed E-state index contributed by atoms with van der Waals surface area (Å²) < 4.78 is 5.91. The van der Waals surface area contributed by atoms with E-state index in [1.54, 1.807) is 18.5 Å². The number of amides is 1. The number of carbonyl (C=O) groups is 1. The molecule has 2 fully saturated rings. The van der Waals surface area contributed by atoms with Gasteiger partial charge in [-0.2, -0.15) is 0 Å². The number of nitrogens with zero attached hydrogens (tertiary/aromatic N) is 3. The van der Waals surface area contributed by atoms with E-state index in [-0.39, 0.29) is 23.6 Å². The highest BCUT2D eigenvalue weighted by molar-refractivity contribution is 6.05. The highest BCUT2D eigenvalue weighted by Gasteiger charge is 2.37. The van der Waals surface area contributed by atoms with Crippen molar-refractivity contribution in [1.82, 2.24) is 9.97 Å². The van der Waals surface area contributed by atoms with Gasteiger partial charge in [0.05, 0.1) is 23.7 Å². The maximum atomic E-state index is 13.0. The van der Waals surface area contributed by atoms with Crippen LogP contribution in [0.15, 0.2) is 41.1 Å². The van der Waals surface area contributed by atoms with Crippen LogP contribution in [0.1, 0.15) is 42.4 Å². The van der Waals surface area contributed by atoms with E-state index in [0.717, 1.165) is 23.3 Å². The Kier molecular flexibility index (Phi) is 4.91. The molecule has 4 N–H and O–H groups in total. The molecule has 1 aliphatic heterocycles. The number of aliphatic hydroxyl groups is 1. The molecular weight excluding hydrogens is 394 g/mol. The second-order valence-electron chi connectivity index (χ2n) is 8.94. The first kappa shape index (κ1) is 20.0. The molecule has 0 aromatic carbocycles. The molecule has 8 nitrogen and oxygen atoms in total. The van der Waals surface area contributed by atoms with Crippen LogP contribution in [-0.4, -0.2) is 46.2 Å². The minimum absolute atomic E-state index is 0.0203. The molecule has 5 rings (SSSR count). The Morgan fingerprint density at radius 3 is 2.81 bits per heavy atom. The fourth-order valence-electron chi connectivity index (χ4n) is 4.42. The number of nitrogens with one attached hydrogen (secondary N) is 1. The molecule has 1 amide bonds. The lowest BCUT2D eigenvalue weighted by atomic mass is 9.92. The van der Waals surface area contributed by atoms with Gasteiger partial charge in [-0.05, 0) is 36.6 Å². The summed E-state index contributed by atoms with van der Waals surface area (Å²) >= 11 is 0. The molecule has 1 saturated heterocycles. The summed E-state index contributed by atoms with van der Waals surface area (Å²) in [4.78, 5) is 23.6. The standard InChI is InChI=1S/C23H27N5O3/c1-12-7-15(12)20-8-14-3-4-17(27-23(14)31-20)22(30)26-18-9-25-6-5-19(18)28-10-13(2)21(29)16(24)11-28/h3-6,8-9,12-13,15-16,21,29H,7,10-11,24H2,1-2H3,(H,26,30)/t12-,13-,15-,16+,21+/m0/s1. The number of hydrogen-bond acceptors (Lipinski definition) is 7. The molecule has 3 aromatic heterocycles. The van der Waals surface area contributed by atoms with Gasteiger partial charge in [-0.15, -0.1) is 0 Å². The van der Waals surface area contributed by atoms with Gasteiger partial charge in [-0.3, -0.25) is 9.78 Å². The Morgan fingerprint density at radius 2 is 2.06 bits per heavy atom. The van der Waals surface area contributed by atoms with Gasteiger partial charge in [-0.25, -0.2) is 4.98 Å². The highest BCUT2D eigenvalue weighted by Crippen LogP contribution is 2.48. The molecule has 0 unspecified atom stereocenters. The summed E-state index contributed by atoms with van der Waals surface area (Å²) in [7, 11) is 0. The predicted molar refractivity (Wildman–Crippen MR) is 118 cm³/mol. The largest absolute Gasteiger partial charge is 0.442 e. The van der Waals surface area contributed by atoms with Crippen LogP contribution in [-0.2, 0) is 0 Å². The van der Waals surface area contributed by atoms with Crippen LogP contribution in [0, 0.1) is 11.8 Å². The lowest BCUT2D eigenvalue weighted by Gasteiger charge is -2.40. The van der Waals surface area contributed by atoms with Crippen LogP contribution < -0.4 is 16.0 Å². The van der Waals surface area contributed by atoms with Crippen molar-refractivity contribution in [1.29, 1.82) is 0 Å². The molecule has 3 aromatic rings. The fraction of sp³-hybridized carbons (Fsp3) is 0.435. The van der Waals surface area contributed by atoms with E-state index < -0.39 is 6.10 Å².